The Morgan fingerprint density at radius 1 is 1.28 bits per heavy atom. The molecule has 2 amide bonds. The van der Waals surface area contributed by atoms with Gasteiger partial charge in [0, 0.05) is 19.8 Å². The van der Waals surface area contributed by atoms with Gasteiger partial charge in [0.05, 0.1) is 25.5 Å². The first-order valence-electron chi connectivity index (χ1n) is 8.12. The summed E-state index contributed by atoms with van der Waals surface area (Å²) in [6.07, 6.45) is 5.55. The molecule has 0 fully saturated rings. The predicted molar refractivity (Wildman–Crippen MR) is 90.5 cm³/mol. The molecular weight excluding hydrogens is 322 g/mol. The molecule has 0 spiro atoms. The van der Waals surface area contributed by atoms with E-state index in [9.17, 15) is 9.59 Å². The van der Waals surface area contributed by atoms with Crippen LogP contribution in [0.25, 0.3) is 0 Å². The molecule has 2 aromatic heterocycles. The molecule has 0 radical (unpaired) electrons. The summed E-state index contributed by atoms with van der Waals surface area (Å²) in [5, 5.41) is 5.62. The minimum atomic E-state index is -0.342. The van der Waals surface area contributed by atoms with Crippen LogP contribution in [0.3, 0.4) is 0 Å². The number of aromatic nitrogens is 3. The van der Waals surface area contributed by atoms with E-state index in [4.69, 9.17) is 4.74 Å². The van der Waals surface area contributed by atoms with Gasteiger partial charge in [-0.1, -0.05) is 0 Å². The first-order chi connectivity index (χ1) is 12.0. The van der Waals surface area contributed by atoms with Gasteiger partial charge in [-0.3, -0.25) is 9.59 Å². The second kappa shape index (κ2) is 6.92. The van der Waals surface area contributed by atoms with Crippen LogP contribution in [0.4, 0.5) is 0 Å². The molecule has 2 heterocycles. The maximum atomic E-state index is 12.4. The molecule has 1 atom stereocenters. The predicted octanol–water partition coefficient (Wildman–Crippen LogP) is 0.991. The highest BCUT2D eigenvalue weighted by Crippen LogP contribution is 2.32. The molecular formula is C17H21N5O3. The van der Waals surface area contributed by atoms with Gasteiger partial charge in [0.25, 0.3) is 11.8 Å². The monoisotopic (exact) mass is 343 g/mol. The number of rotatable bonds is 4. The van der Waals surface area contributed by atoms with Crippen LogP contribution < -0.4 is 15.4 Å². The van der Waals surface area contributed by atoms with Crippen molar-refractivity contribution in [1.29, 1.82) is 0 Å². The van der Waals surface area contributed by atoms with E-state index >= 15 is 0 Å². The van der Waals surface area contributed by atoms with Crippen molar-refractivity contribution < 1.29 is 14.3 Å². The highest BCUT2D eigenvalue weighted by Gasteiger charge is 2.28. The van der Waals surface area contributed by atoms with Crippen LogP contribution in [-0.4, -0.2) is 40.5 Å². The van der Waals surface area contributed by atoms with E-state index < -0.39 is 0 Å². The number of nitrogens with zero attached hydrogens (tertiary/aromatic N) is 3. The Bertz CT molecular complexity index is 797. The average molecular weight is 343 g/mol. The van der Waals surface area contributed by atoms with Crippen molar-refractivity contribution in [3.8, 4) is 5.75 Å². The zero-order chi connectivity index (χ0) is 18.0. The van der Waals surface area contributed by atoms with Crippen molar-refractivity contribution in [2.45, 2.75) is 25.3 Å². The zero-order valence-corrected chi connectivity index (χ0v) is 14.5. The largest absolute Gasteiger partial charge is 0.494 e. The number of nitrogens with one attached hydrogen (secondary N) is 2. The molecule has 8 heteroatoms. The molecule has 8 nitrogen and oxygen atoms in total. The normalized spacial score (nSPS) is 16.0. The van der Waals surface area contributed by atoms with Crippen LogP contribution in [-0.2, 0) is 13.5 Å². The van der Waals surface area contributed by atoms with Crippen LogP contribution in [0.2, 0.25) is 0 Å². The third kappa shape index (κ3) is 3.19. The fraction of sp³-hybridized carbons (Fsp3) is 0.412. The van der Waals surface area contributed by atoms with Gasteiger partial charge in [0.15, 0.2) is 5.75 Å². The van der Waals surface area contributed by atoms with Crippen molar-refractivity contribution in [1.82, 2.24) is 25.2 Å². The van der Waals surface area contributed by atoms with Crippen LogP contribution in [0, 0.1) is 0 Å². The summed E-state index contributed by atoms with van der Waals surface area (Å²) in [7, 11) is 5.00. The highest BCUT2D eigenvalue weighted by molar-refractivity contribution is 5.93. The lowest BCUT2D eigenvalue weighted by atomic mass is 9.92. The van der Waals surface area contributed by atoms with Gasteiger partial charge in [-0.15, -0.1) is 0 Å². The Kier molecular flexibility index (Phi) is 4.69. The van der Waals surface area contributed by atoms with Crippen LogP contribution in [0.15, 0.2) is 18.5 Å². The lowest BCUT2D eigenvalue weighted by Crippen LogP contribution is -2.32. The van der Waals surface area contributed by atoms with Crippen molar-refractivity contribution in [3.05, 3.63) is 41.2 Å². The van der Waals surface area contributed by atoms with Gasteiger partial charge in [-0.05, 0) is 30.9 Å². The molecule has 0 aliphatic heterocycles. The number of ether oxygens (including phenoxy) is 1. The van der Waals surface area contributed by atoms with Crippen LogP contribution in [0.1, 0.15) is 51.2 Å². The summed E-state index contributed by atoms with van der Waals surface area (Å²) >= 11 is 0. The first kappa shape index (κ1) is 16.9. The molecule has 0 aromatic carbocycles. The van der Waals surface area contributed by atoms with Gasteiger partial charge in [-0.25, -0.2) is 9.97 Å². The van der Waals surface area contributed by atoms with E-state index in [1.165, 1.54) is 19.5 Å². The maximum Gasteiger partial charge on any atom is 0.289 e. The molecule has 1 aliphatic rings. The average Bonchev–Trinajstić information content (AvgIpc) is 2.99. The quantitative estimate of drug-likeness (QED) is 0.863. The number of amides is 2. The van der Waals surface area contributed by atoms with E-state index in [1.54, 1.807) is 7.05 Å². The third-order valence-electron chi connectivity index (χ3n) is 4.51. The minimum Gasteiger partial charge on any atom is -0.494 e. The fourth-order valence-corrected chi connectivity index (χ4v) is 3.17. The van der Waals surface area contributed by atoms with E-state index in [1.807, 2.05) is 17.7 Å². The SMILES string of the molecule is CNC(=O)c1cc2c(n1C)CCCC2NC(=O)c1ncc(OC)cn1. The Morgan fingerprint density at radius 3 is 2.64 bits per heavy atom. The molecule has 132 valence electrons. The van der Waals surface area contributed by atoms with Gasteiger partial charge in [0.2, 0.25) is 5.82 Å². The van der Waals surface area contributed by atoms with Crippen LogP contribution >= 0.6 is 0 Å². The Balaban J connectivity index is 1.83. The van der Waals surface area contributed by atoms with Crippen molar-refractivity contribution in [3.63, 3.8) is 0 Å². The number of hydrogen-bond acceptors (Lipinski definition) is 5. The number of fused-ring (bicyclic) bond motifs is 1. The third-order valence-corrected chi connectivity index (χ3v) is 4.51. The number of carbonyl (C=O) groups excluding carboxylic acids is 2. The van der Waals surface area contributed by atoms with E-state index in [2.05, 4.69) is 20.6 Å². The second-order valence-electron chi connectivity index (χ2n) is 5.93. The first-order valence-corrected chi connectivity index (χ1v) is 8.12. The van der Waals surface area contributed by atoms with Gasteiger partial charge in [0.1, 0.15) is 5.69 Å². The number of carbonyl (C=O) groups is 2. The zero-order valence-electron chi connectivity index (χ0n) is 14.5. The van der Waals surface area contributed by atoms with Crippen molar-refractivity contribution in [2.24, 2.45) is 7.05 Å². The fourth-order valence-electron chi connectivity index (χ4n) is 3.17. The van der Waals surface area contributed by atoms with E-state index in [-0.39, 0.29) is 23.7 Å². The molecule has 1 aliphatic carbocycles. The summed E-state index contributed by atoms with van der Waals surface area (Å²) in [5.74, 6) is 0.108. The molecule has 25 heavy (non-hydrogen) atoms. The molecule has 3 rings (SSSR count). The second-order valence-corrected chi connectivity index (χ2v) is 5.93. The van der Waals surface area contributed by atoms with Crippen LogP contribution in [0.5, 0.6) is 5.75 Å². The molecule has 2 aromatic rings. The van der Waals surface area contributed by atoms with Gasteiger partial charge < -0.3 is 19.9 Å². The lowest BCUT2D eigenvalue weighted by molar-refractivity contribution is 0.0920. The Hall–Kier alpha value is -2.90. The smallest absolute Gasteiger partial charge is 0.289 e. The summed E-state index contributed by atoms with van der Waals surface area (Å²) < 4.78 is 6.90. The van der Waals surface area contributed by atoms with Gasteiger partial charge >= 0.3 is 0 Å². The number of hydrogen-bond donors (Lipinski definition) is 2. The molecule has 2 N–H and O–H groups in total. The summed E-state index contributed by atoms with van der Waals surface area (Å²) in [4.78, 5) is 32.5. The van der Waals surface area contributed by atoms with Crippen molar-refractivity contribution in [2.75, 3.05) is 14.2 Å². The molecule has 0 saturated carbocycles. The Labute approximate surface area is 145 Å². The summed E-state index contributed by atoms with van der Waals surface area (Å²) in [6, 6.07) is 1.69. The van der Waals surface area contributed by atoms with E-state index in [0.717, 1.165) is 30.5 Å². The Morgan fingerprint density at radius 2 is 2.00 bits per heavy atom. The summed E-state index contributed by atoms with van der Waals surface area (Å²) in [5.41, 5.74) is 2.65. The highest BCUT2D eigenvalue weighted by atomic mass is 16.5. The molecule has 0 bridgehead atoms. The van der Waals surface area contributed by atoms with Gasteiger partial charge in [-0.2, -0.15) is 0 Å². The van der Waals surface area contributed by atoms with Crippen molar-refractivity contribution >= 4 is 11.8 Å². The summed E-state index contributed by atoms with van der Waals surface area (Å²) in [6.45, 7) is 0. The topological polar surface area (TPSA) is 98.1 Å². The standard InChI is InChI=1S/C17H21N5O3/c1-18-16(23)14-7-11-12(5-4-6-13(11)22(14)2)21-17(24)15-19-8-10(25-3)9-20-15/h7-9,12H,4-6H2,1-3H3,(H,18,23)(H,21,24). The minimum absolute atomic E-state index is 0.0929. The number of methoxy groups -OCH3 is 1. The van der Waals surface area contributed by atoms with E-state index in [0.29, 0.717) is 11.4 Å². The molecule has 1 unspecified atom stereocenters. The molecule has 0 saturated heterocycles. The lowest BCUT2D eigenvalue weighted by Gasteiger charge is -2.24. The maximum absolute atomic E-state index is 12.4.